The summed E-state index contributed by atoms with van der Waals surface area (Å²) in [6, 6.07) is 0. The number of nitrogens with one attached hydrogen (secondary N) is 1. The second-order valence-corrected chi connectivity index (χ2v) is 5.19. The number of carbonyl (C=O) groups excluding carboxylic acids is 2. The minimum Gasteiger partial charge on any atom is -0.356 e. The average molecular weight is 227 g/mol. The number of carbonyl (C=O) groups is 2. The zero-order valence-corrected chi connectivity index (χ0v) is 11.0. The van der Waals surface area contributed by atoms with Gasteiger partial charge in [-0.05, 0) is 18.3 Å². The Kier molecular flexibility index (Phi) is 7.86. The molecule has 0 bridgehead atoms. The van der Waals surface area contributed by atoms with E-state index >= 15 is 0 Å². The van der Waals surface area contributed by atoms with Crippen LogP contribution >= 0.6 is 0 Å². The zero-order valence-electron chi connectivity index (χ0n) is 11.0. The SMILES string of the molecule is CC(C)CC(=O)CCCNC(=O)CC(C)C. The molecule has 3 heteroatoms. The van der Waals surface area contributed by atoms with Gasteiger partial charge in [0.05, 0.1) is 0 Å². The van der Waals surface area contributed by atoms with Crippen LogP contribution in [0.3, 0.4) is 0 Å². The molecule has 94 valence electrons. The van der Waals surface area contributed by atoms with Crippen molar-refractivity contribution in [1.29, 1.82) is 0 Å². The molecular weight excluding hydrogens is 202 g/mol. The molecule has 0 heterocycles. The normalized spacial score (nSPS) is 10.9. The third kappa shape index (κ3) is 9.69. The van der Waals surface area contributed by atoms with Crippen LogP contribution in [0.2, 0.25) is 0 Å². The van der Waals surface area contributed by atoms with Crippen LogP contribution < -0.4 is 5.32 Å². The Morgan fingerprint density at radius 3 is 2.06 bits per heavy atom. The lowest BCUT2D eigenvalue weighted by molar-refractivity contribution is -0.122. The highest BCUT2D eigenvalue weighted by Crippen LogP contribution is 2.04. The van der Waals surface area contributed by atoms with E-state index in [-0.39, 0.29) is 5.91 Å². The molecule has 1 N–H and O–H groups in total. The predicted octanol–water partition coefficient (Wildman–Crippen LogP) is 2.54. The maximum atomic E-state index is 11.4. The first-order valence-electron chi connectivity index (χ1n) is 6.20. The second-order valence-electron chi connectivity index (χ2n) is 5.19. The van der Waals surface area contributed by atoms with Gasteiger partial charge in [-0.3, -0.25) is 9.59 Å². The first-order chi connectivity index (χ1) is 7.41. The Hall–Kier alpha value is -0.860. The highest BCUT2D eigenvalue weighted by molar-refractivity contribution is 5.78. The van der Waals surface area contributed by atoms with Crippen molar-refractivity contribution in [2.24, 2.45) is 11.8 Å². The molecule has 0 aliphatic heterocycles. The summed E-state index contributed by atoms with van der Waals surface area (Å²) < 4.78 is 0. The predicted molar refractivity (Wildman–Crippen MR) is 66.2 cm³/mol. The minimum atomic E-state index is 0.0892. The van der Waals surface area contributed by atoms with Gasteiger partial charge < -0.3 is 5.32 Å². The molecule has 0 spiro atoms. The fraction of sp³-hybridized carbons (Fsp3) is 0.846. The van der Waals surface area contributed by atoms with Gasteiger partial charge in [-0.25, -0.2) is 0 Å². The van der Waals surface area contributed by atoms with Crippen LogP contribution in [-0.2, 0) is 9.59 Å². The van der Waals surface area contributed by atoms with Crippen LogP contribution in [0, 0.1) is 11.8 Å². The largest absolute Gasteiger partial charge is 0.356 e. The molecule has 0 aromatic carbocycles. The topological polar surface area (TPSA) is 46.2 Å². The maximum Gasteiger partial charge on any atom is 0.220 e. The number of Topliss-reactive ketones (excluding diaryl/α,β-unsaturated/α-hetero) is 1. The molecule has 0 aromatic heterocycles. The third-order valence-electron chi connectivity index (χ3n) is 2.18. The number of rotatable bonds is 8. The highest BCUT2D eigenvalue weighted by Gasteiger charge is 2.06. The van der Waals surface area contributed by atoms with E-state index < -0.39 is 0 Å². The molecule has 0 unspecified atom stereocenters. The lowest BCUT2D eigenvalue weighted by atomic mass is 10.0. The summed E-state index contributed by atoms with van der Waals surface area (Å²) >= 11 is 0. The fourth-order valence-electron chi connectivity index (χ4n) is 1.51. The summed E-state index contributed by atoms with van der Waals surface area (Å²) in [5.41, 5.74) is 0. The van der Waals surface area contributed by atoms with Crippen molar-refractivity contribution in [3.05, 3.63) is 0 Å². The fourth-order valence-corrected chi connectivity index (χ4v) is 1.51. The van der Waals surface area contributed by atoms with Crippen molar-refractivity contribution in [2.45, 2.75) is 53.4 Å². The monoisotopic (exact) mass is 227 g/mol. The van der Waals surface area contributed by atoms with Gasteiger partial charge in [0.2, 0.25) is 5.91 Å². The zero-order chi connectivity index (χ0) is 12.6. The van der Waals surface area contributed by atoms with E-state index in [1.165, 1.54) is 0 Å². The van der Waals surface area contributed by atoms with Crippen LogP contribution in [-0.4, -0.2) is 18.2 Å². The molecule has 0 aliphatic carbocycles. The summed E-state index contributed by atoms with van der Waals surface area (Å²) in [7, 11) is 0. The van der Waals surface area contributed by atoms with Gasteiger partial charge in [0.25, 0.3) is 0 Å². The van der Waals surface area contributed by atoms with E-state index in [4.69, 9.17) is 0 Å². The van der Waals surface area contributed by atoms with Gasteiger partial charge in [-0.1, -0.05) is 27.7 Å². The first-order valence-corrected chi connectivity index (χ1v) is 6.20. The van der Waals surface area contributed by atoms with E-state index in [0.717, 1.165) is 6.42 Å². The molecule has 0 rings (SSSR count). The quantitative estimate of drug-likeness (QED) is 0.648. The molecule has 0 radical (unpaired) electrons. The summed E-state index contributed by atoms with van der Waals surface area (Å²) in [6.45, 7) is 8.75. The Morgan fingerprint density at radius 1 is 1.00 bits per heavy atom. The van der Waals surface area contributed by atoms with Gasteiger partial charge in [-0.15, -0.1) is 0 Å². The first kappa shape index (κ1) is 15.1. The third-order valence-corrected chi connectivity index (χ3v) is 2.18. The number of hydrogen-bond acceptors (Lipinski definition) is 2. The van der Waals surface area contributed by atoms with Crippen LogP contribution in [0.15, 0.2) is 0 Å². The molecule has 3 nitrogen and oxygen atoms in total. The number of hydrogen-bond donors (Lipinski definition) is 1. The van der Waals surface area contributed by atoms with Crippen molar-refractivity contribution in [2.75, 3.05) is 6.54 Å². The number of amides is 1. The van der Waals surface area contributed by atoms with Gasteiger partial charge in [-0.2, -0.15) is 0 Å². The van der Waals surface area contributed by atoms with Crippen LogP contribution in [0.25, 0.3) is 0 Å². The molecule has 0 atom stereocenters. The summed E-state index contributed by atoms with van der Waals surface area (Å²) in [6.07, 6.45) is 2.56. The van der Waals surface area contributed by atoms with Gasteiger partial charge in [0.1, 0.15) is 5.78 Å². The van der Waals surface area contributed by atoms with E-state index in [0.29, 0.717) is 43.4 Å². The Morgan fingerprint density at radius 2 is 1.56 bits per heavy atom. The van der Waals surface area contributed by atoms with E-state index in [1.54, 1.807) is 0 Å². The molecule has 16 heavy (non-hydrogen) atoms. The highest BCUT2D eigenvalue weighted by atomic mass is 16.1. The number of ketones is 1. The molecule has 0 aliphatic rings. The second kappa shape index (κ2) is 8.31. The van der Waals surface area contributed by atoms with Crippen molar-refractivity contribution in [1.82, 2.24) is 5.32 Å². The van der Waals surface area contributed by atoms with Crippen LogP contribution in [0.4, 0.5) is 0 Å². The van der Waals surface area contributed by atoms with Crippen molar-refractivity contribution < 1.29 is 9.59 Å². The standard InChI is InChI=1S/C13H25NO2/c1-10(2)8-12(15)6-5-7-14-13(16)9-11(3)4/h10-11H,5-9H2,1-4H3,(H,14,16). The smallest absolute Gasteiger partial charge is 0.220 e. The lowest BCUT2D eigenvalue weighted by Crippen LogP contribution is -2.25. The molecule has 0 saturated heterocycles. The molecule has 0 aromatic rings. The maximum absolute atomic E-state index is 11.4. The Balaban J connectivity index is 3.46. The van der Waals surface area contributed by atoms with Gasteiger partial charge in [0, 0.05) is 25.8 Å². The summed E-state index contributed by atoms with van der Waals surface area (Å²) in [4.78, 5) is 22.6. The van der Waals surface area contributed by atoms with E-state index in [1.807, 2.05) is 27.7 Å². The van der Waals surface area contributed by atoms with Crippen molar-refractivity contribution >= 4 is 11.7 Å². The summed E-state index contributed by atoms with van der Waals surface area (Å²) in [5, 5.41) is 2.83. The molecular formula is C13H25NO2. The molecule has 1 amide bonds. The van der Waals surface area contributed by atoms with Gasteiger partial charge in [0.15, 0.2) is 0 Å². The van der Waals surface area contributed by atoms with Crippen LogP contribution in [0.1, 0.15) is 53.4 Å². The molecule has 0 saturated carbocycles. The van der Waals surface area contributed by atoms with E-state index in [9.17, 15) is 9.59 Å². The lowest BCUT2D eigenvalue weighted by Gasteiger charge is -2.07. The minimum absolute atomic E-state index is 0.0892. The van der Waals surface area contributed by atoms with Gasteiger partial charge >= 0.3 is 0 Å². The Labute approximate surface area is 99.0 Å². The van der Waals surface area contributed by atoms with Crippen molar-refractivity contribution in [3.63, 3.8) is 0 Å². The average Bonchev–Trinajstić information content (AvgIpc) is 2.10. The van der Waals surface area contributed by atoms with Crippen LogP contribution in [0.5, 0.6) is 0 Å². The summed E-state index contributed by atoms with van der Waals surface area (Å²) in [5.74, 6) is 1.21. The van der Waals surface area contributed by atoms with Crippen molar-refractivity contribution in [3.8, 4) is 0 Å². The Bertz CT molecular complexity index is 198. The molecule has 0 fully saturated rings. The van der Waals surface area contributed by atoms with E-state index in [2.05, 4.69) is 5.32 Å².